The molecule has 0 heterocycles. The van der Waals surface area contributed by atoms with Crippen molar-refractivity contribution in [1.29, 1.82) is 0 Å². The molecular formula is C22H17ClN2O3S. The van der Waals surface area contributed by atoms with Gasteiger partial charge in [-0.3, -0.25) is 4.79 Å². The molecule has 0 aliphatic heterocycles. The number of aromatic carboxylic acids is 1. The minimum Gasteiger partial charge on any atom is -0.478 e. The second-order valence-corrected chi connectivity index (χ2v) is 7.52. The zero-order chi connectivity index (χ0) is 20.6. The third kappa shape index (κ3) is 5.94. The fourth-order valence-electron chi connectivity index (χ4n) is 2.48. The summed E-state index contributed by atoms with van der Waals surface area (Å²) >= 11 is 7.57. The van der Waals surface area contributed by atoms with Crippen molar-refractivity contribution in [2.75, 3.05) is 0 Å². The first-order valence-corrected chi connectivity index (χ1v) is 10.0. The number of amides is 1. The van der Waals surface area contributed by atoms with Crippen LogP contribution in [-0.4, -0.2) is 23.2 Å². The molecule has 0 aliphatic rings. The Labute approximate surface area is 177 Å². The first-order valence-electron chi connectivity index (χ1n) is 8.66. The molecule has 0 spiro atoms. The van der Waals surface area contributed by atoms with Crippen molar-refractivity contribution >= 4 is 41.5 Å². The number of carboxylic acid groups (broad SMARTS) is 1. The predicted molar refractivity (Wildman–Crippen MR) is 116 cm³/mol. The van der Waals surface area contributed by atoms with E-state index in [2.05, 4.69) is 10.5 Å². The highest BCUT2D eigenvalue weighted by molar-refractivity contribution is 7.98. The van der Waals surface area contributed by atoms with Crippen LogP contribution in [0.4, 0.5) is 0 Å². The van der Waals surface area contributed by atoms with Crippen LogP contribution < -0.4 is 5.43 Å². The Morgan fingerprint density at radius 1 is 1.00 bits per heavy atom. The molecule has 0 bridgehead atoms. The Morgan fingerprint density at radius 3 is 2.38 bits per heavy atom. The molecule has 7 heteroatoms. The van der Waals surface area contributed by atoms with Gasteiger partial charge in [0.25, 0.3) is 5.91 Å². The van der Waals surface area contributed by atoms with E-state index >= 15 is 0 Å². The predicted octanol–water partition coefficient (Wildman–Crippen LogP) is 5.09. The van der Waals surface area contributed by atoms with E-state index in [0.717, 1.165) is 16.2 Å². The van der Waals surface area contributed by atoms with Crippen LogP contribution in [0.2, 0.25) is 5.02 Å². The van der Waals surface area contributed by atoms with Gasteiger partial charge in [-0.15, -0.1) is 11.8 Å². The largest absolute Gasteiger partial charge is 0.478 e. The van der Waals surface area contributed by atoms with Gasteiger partial charge in [0, 0.05) is 26.8 Å². The van der Waals surface area contributed by atoms with E-state index in [-0.39, 0.29) is 11.5 Å². The molecule has 0 saturated heterocycles. The lowest BCUT2D eigenvalue weighted by Gasteiger charge is -2.04. The van der Waals surface area contributed by atoms with Crippen LogP contribution in [-0.2, 0) is 5.75 Å². The summed E-state index contributed by atoms with van der Waals surface area (Å²) in [5, 5.41) is 13.7. The zero-order valence-corrected chi connectivity index (χ0v) is 16.8. The van der Waals surface area contributed by atoms with Crippen LogP contribution in [0.1, 0.15) is 31.8 Å². The van der Waals surface area contributed by atoms with Crippen LogP contribution in [0, 0.1) is 0 Å². The third-order valence-corrected chi connectivity index (χ3v) is 5.33. The van der Waals surface area contributed by atoms with Gasteiger partial charge in [0.2, 0.25) is 0 Å². The number of nitrogens with zero attached hydrogens (tertiary/aromatic N) is 1. The molecule has 29 heavy (non-hydrogen) atoms. The number of hydrogen-bond acceptors (Lipinski definition) is 4. The number of hydrogen-bond donors (Lipinski definition) is 2. The molecule has 0 aliphatic carbocycles. The molecule has 2 N–H and O–H groups in total. The van der Waals surface area contributed by atoms with E-state index in [9.17, 15) is 9.59 Å². The molecule has 0 fully saturated rings. The van der Waals surface area contributed by atoms with E-state index in [1.807, 2.05) is 36.4 Å². The zero-order valence-electron chi connectivity index (χ0n) is 15.2. The molecule has 0 saturated carbocycles. The van der Waals surface area contributed by atoms with Gasteiger partial charge in [0.1, 0.15) is 0 Å². The van der Waals surface area contributed by atoms with Crippen molar-refractivity contribution in [3.8, 4) is 0 Å². The molecule has 3 rings (SSSR count). The highest BCUT2D eigenvalue weighted by Crippen LogP contribution is 2.24. The number of halogens is 1. The van der Waals surface area contributed by atoms with Crippen LogP contribution in [0.5, 0.6) is 0 Å². The van der Waals surface area contributed by atoms with Crippen molar-refractivity contribution in [2.24, 2.45) is 5.10 Å². The van der Waals surface area contributed by atoms with Crippen molar-refractivity contribution in [2.45, 2.75) is 10.6 Å². The Balaban J connectivity index is 1.56. The summed E-state index contributed by atoms with van der Waals surface area (Å²) in [6.07, 6.45) is 1.32. The normalized spacial score (nSPS) is 10.8. The van der Waals surface area contributed by atoms with Gasteiger partial charge in [-0.25, -0.2) is 10.2 Å². The monoisotopic (exact) mass is 424 g/mol. The lowest BCUT2D eigenvalue weighted by Crippen LogP contribution is -2.17. The Bertz CT molecular complexity index is 1030. The van der Waals surface area contributed by atoms with Gasteiger partial charge in [-0.1, -0.05) is 41.9 Å². The van der Waals surface area contributed by atoms with E-state index in [0.29, 0.717) is 16.1 Å². The van der Waals surface area contributed by atoms with E-state index in [4.69, 9.17) is 16.7 Å². The highest BCUT2D eigenvalue weighted by atomic mass is 35.5. The highest BCUT2D eigenvalue weighted by Gasteiger charge is 2.08. The minimum atomic E-state index is -1.05. The number of thioether (sulfide) groups is 1. The second-order valence-electron chi connectivity index (χ2n) is 6.03. The number of rotatable bonds is 7. The van der Waals surface area contributed by atoms with Crippen molar-refractivity contribution in [3.05, 3.63) is 100 Å². The van der Waals surface area contributed by atoms with E-state index in [1.54, 1.807) is 42.1 Å². The summed E-state index contributed by atoms with van der Waals surface area (Å²) in [7, 11) is 0. The number of carboxylic acids is 1. The summed E-state index contributed by atoms with van der Waals surface area (Å²) in [5.74, 6) is -0.649. The topological polar surface area (TPSA) is 78.8 Å². The number of carbonyl (C=O) groups is 2. The number of benzene rings is 3. The van der Waals surface area contributed by atoms with Gasteiger partial charge in [0.15, 0.2) is 0 Å². The second kappa shape index (κ2) is 9.91. The molecule has 0 aromatic heterocycles. The third-order valence-electron chi connectivity index (χ3n) is 4.00. The molecule has 5 nitrogen and oxygen atoms in total. The smallest absolute Gasteiger partial charge is 0.336 e. The standard InChI is InChI=1S/C22H17ClN2O3S/c23-18-9-11-19(12-10-18)29-14-15-5-7-16(8-6-15)21(26)25-24-13-17-3-1-2-4-20(17)22(27)28/h1-13H,14H2,(H,25,26)(H,27,28). The molecular weight excluding hydrogens is 408 g/mol. The van der Waals surface area contributed by atoms with Gasteiger partial charge >= 0.3 is 5.97 Å². The van der Waals surface area contributed by atoms with Crippen LogP contribution in [0.15, 0.2) is 82.8 Å². The summed E-state index contributed by atoms with van der Waals surface area (Å²) in [6, 6.07) is 21.3. The summed E-state index contributed by atoms with van der Waals surface area (Å²) in [6.45, 7) is 0. The van der Waals surface area contributed by atoms with Gasteiger partial charge < -0.3 is 5.11 Å². The first kappa shape index (κ1) is 20.6. The molecule has 0 radical (unpaired) electrons. The minimum absolute atomic E-state index is 0.119. The van der Waals surface area contributed by atoms with Crippen molar-refractivity contribution in [1.82, 2.24) is 5.43 Å². The van der Waals surface area contributed by atoms with Crippen molar-refractivity contribution in [3.63, 3.8) is 0 Å². The quantitative estimate of drug-likeness (QED) is 0.314. The summed E-state index contributed by atoms with van der Waals surface area (Å²) < 4.78 is 0. The number of hydrazone groups is 1. The molecule has 0 atom stereocenters. The fourth-order valence-corrected chi connectivity index (χ4v) is 3.46. The van der Waals surface area contributed by atoms with Gasteiger partial charge in [-0.05, 0) is 48.0 Å². The van der Waals surface area contributed by atoms with E-state index in [1.165, 1.54) is 12.3 Å². The van der Waals surface area contributed by atoms with Crippen molar-refractivity contribution < 1.29 is 14.7 Å². The van der Waals surface area contributed by atoms with Crippen LogP contribution in [0.25, 0.3) is 0 Å². The first-order chi connectivity index (χ1) is 14.0. The summed E-state index contributed by atoms with van der Waals surface area (Å²) in [4.78, 5) is 24.5. The maximum absolute atomic E-state index is 12.2. The molecule has 0 unspecified atom stereocenters. The molecule has 146 valence electrons. The Hall–Kier alpha value is -3.09. The lowest BCUT2D eigenvalue weighted by molar-refractivity contribution is 0.0696. The maximum Gasteiger partial charge on any atom is 0.336 e. The summed E-state index contributed by atoms with van der Waals surface area (Å²) in [5.41, 5.74) is 4.50. The maximum atomic E-state index is 12.2. The van der Waals surface area contributed by atoms with Crippen LogP contribution >= 0.6 is 23.4 Å². The van der Waals surface area contributed by atoms with Gasteiger partial charge in [0.05, 0.1) is 11.8 Å². The SMILES string of the molecule is O=C(NN=Cc1ccccc1C(=O)O)c1ccc(CSc2ccc(Cl)cc2)cc1. The lowest BCUT2D eigenvalue weighted by atomic mass is 10.1. The number of carbonyl (C=O) groups excluding carboxylic acids is 1. The fraction of sp³-hybridized carbons (Fsp3) is 0.0455. The molecule has 1 amide bonds. The average Bonchev–Trinajstić information content (AvgIpc) is 2.74. The Morgan fingerprint density at radius 2 is 1.69 bits per heavy atom. The Kier molecular flexibility index (Phi) is 7.05. The average molecular weight is 425 g/mol. The molecule has 3 aromatic rings. The van der Waals surface area contributed by atoms with Crippen LogP contribution in [0.3, 0.4) is 0 Å². The number of nitrogens with one attached hydrogen (secondary N) is 1. The van der Waals surface area contributed by atoms with E-state index < -0.39 is 5.97 Å². The van der Waals surface area contributed by atoms with Gasteiger partial charge in [-0.2, -0.15) is 5.10 Å². The molecule has 3 aromatic carbocycles.